The molecule has 0 saturated carbocycles. The molecule has 1 aromatic heterocycles. The number of benzene rings is 3. The van der Waals surface area contributed by atoms with Crippen LogP contribution >= 0.6 is 35.4 Å². The number of carbonyl (C=O) groups is 1. The van der Waals surface area contributed by atoms with Crippen molar-refractivity contribution in [3.05, 3.63) is 82.1 Å². The van der Waals surface area contributed by atoms with Gasteiger partial charge in [0.15, 0.2) is 10.7 Å². The van der Waals surface area contributed by atoms with Crippen molar-refractivity contribution in [3.8, 4) is 11.5 Å². The van der Waals surface area contributed by atoms with Gasteiger partial charge in [-0.3, -0.25) is 10.1 Å². The average molecular weight is 460 g/mol. The van der Waals surface area contributed by atoms with Gasteiger partial charge < -0.3 is 9.73 Å². The number of hydrogen-bond acceptors (Lipinski definition) is 4. The van der Waals surface area contributed by atoms with Gasteiger partial charge in [0.1, 0.15) is 11.3 Å². The summed E-state index contributed by atoms with van der Waals surface area (Å²) in [6.07, 6.45) is 0. The van der Waals surface area contributed by atoms with Crippen LogP contribution in [-0.2, 0) is 0 Å². The van der Waals surface area contributed by atoms with Gasteiger partial charge in [-0.1, -0.05) is 35.3 Å². The average Bonchev–Trinajstić information content (AvgIpc) is 3.13. The van der Waals surface area contributed by atoms with Crippen LogP contribution in [0.25, 0.3) is 22.6 Å². The van der Waals surface area contributed by atoms with E-state index in [1.807, 2.05) is 0 Å². The number of hydrogen-bond donors (Lipinski definition) is 2. The van der Waals surface area contributed by atoms with Crippen LogP contribution in [0.4, 0.5) is 10.1 Å². The zero-order valence-electron chi connectivity index (χ0n) is 15.1. The van der Waals surface area contributed by atoms with Crippen molar-refractivity contribution in [1.29, 1.82) is 0 Å². The number of aromatic nitrogens is 1. The summed E-state index contributed by atoms with van der Waals surface area (Å²) >= 11 is 17.2. The molecule has 0 spiro atoms. The standard InChI is InChI=1S/C21H12Cl2FN3O2S/c22-14-7-5-11(9-15(14)23)20-26-17-10-12(6-8-18(17)29-20)25-21(30)27-19(28)13-3-1-2-4-16(13)24/h1-10H,(H2,25,27,28,30). The molecule has 0 radical (unpaired) electrons. The van der Waals surface area contributed by atoms with E-state index in [1.54, 1.807) is 42.5 Å². The molecule has 0 aliphatic rings. The van der Waals surface area contributed by atoms with Crippen LogP contribution in [-0.4, -0.2) is 16.0 Å². The number of anilines is 1. The lowest BCUT2D eigenvalue weighted by Gasteiger charge is -2.09. The summed E-state index contributed by atoms with van der Waals surface area (Å²) in [5.41, 5.74) is 2.30. The Morgan fingerprint density at radius 3 is 2.60 bits per heavy atom. The third kappa shape index (κ3) is 4.28. The quantitative estimate of drug-likeness (QED) is 0.364. The van der Waals surface area contributed by atoms with Crippen LogP contribution in [0.1, 0.15) is 10.4 Å². The molecule has 0 bridgehead atoms. The van der Waals surface area contributed by atoms with Crippen LogP contribution in [0, 0.1) is 5.82 Å². The topological polar surface area (TPSA) is 67.2 Å². The minimum Gasteiger partial charge on any atom is -0.436 e. The number of nitrogens with zero attached hydrogens (tertiary/aromatic N) is 1. The van der Waals surface area contributed by atoms with E-state index < -0.39 is 11.7 Å². The molecule has 2 N–H and O–H groups in total. The second-order valence-corrected chi connectivity index (χ2v) is 7.44. The maximum absolute atomic E-state index is 13.7. The Labute approximate surface area is 185 Å². The highest BCUT2D eigenvalue weighted by Crippen LogP contribution is 2.30. The predicted octanol–water partition coefficient (Wildman–Crippen LogP) is 6.07. The Kier molecular flexibility index (Phi) is 5.67. The summed E-state index contributed by atoms with van der Waals surface area (Å²) in [7, 11) is 0. The van der Waals surface area contributed by atoms with Gasteiger partial charge >= 0.3 is 0 Å². The molecule has 0 saturated heterocycles. The molecule has 150 valence electrons. The normalized spacial score (nSPS) is 10.8. The molecule has 0 aliphatic carbocycles. The first-order valence-electron chi connectivity index (χ1n) is 8.63. The van der Waals surface area contributed by atoms with Crippen LogP contribution in [0.5, 0.6) is 0 Å². The Hall–Kier alpha value is -3.00. The van der Waals surface area contributed by atoms with Gasteiger partial charge in [0, 0.05) is 11.3 Å². The Morgan fingerprint density at radius 1 is 1.03 bits per heavy atom. The molecular weight excluding hydrogens is 448 g/mol. The number of thiocarbonyl (C=S) groups is 1. The van der Waals surface area contributed by atoms with E-state index in [9.17, 15) is 9.18 Å². The third-order valence-electron chi connectivity index (χ3n) is 4.16. The molecule has 0 aliphatic heterocycles. The molecule has 1 heterocycles. The molecule has 4 rings (SSSR count). The van der Waals surface area contributed by atoms with E-state index in [0.717, 1.165) is 0 Å². The number of halogens is 3. The summed E-state index contributed by atoms with van der Waals surface area (Å²) in [5, 5.41) is 6.18. The largest absolute Gasteiger partial charge is 0.436 e. The smallest absolute Gasteiger partial charge is 0.260 e. The first-order chi connectivity index (χ1) is 14.4. The van der Waals surface area contributed by atoms with E-state index in [-0.39, 0.29) is 10.7 Å². The number of nitrogens with one attached hydrogen (secondary N) is 2. The predicted molar refractivity (Wildman–Crippen MR) is 120 cm³/mol. The van der Waals surface area contributed by atoms with Crippen LogP contribution in [0.3, 0.4) is 0 Å². The lowest BCUT2D eigenvalue weighted by Crippen LogP contribution is -2.34. The minimum atomic E-state index is -0.644. The molecule has 0 atom stereocenters. The maximum Gasteiger partial charge on any atom is 0.260 e. The van der Waals surface area contributed by atoms with E-state index in [0.29, 0.717) is 38.3 Å². The van der Waals surface area contributed by atoms with Crippen LogP contribution in [0.2, 0.25) is 10.0 Å². The Balaban J connectivity index is 1.51. The fraction of sp³-hybridized carbons (Fsp3) is 0. The third-order valence-corrected chi connectivity index (χ3v) is 5.10. The Bertz CT molecular complexity index is 1290. The van der Waals surface area contributed by atoms with Gasteiger partial charge in [-0.2, -0.15) is 0 Å². The lowest BCUT2D eigenvalue weighted by atomic mass is 10.2. The molecule has 30 heavy (non-hydrogen) atoms. The molecule has 0 fully saturated rings. The monoisotopic (exact) mass is 459 g/mol. The molecule has 1 amide bonds. The number of rotatable bonds is 3. The van der Waals surface area contributed by atoms with Gasteiger partial charge in [-0.15, -0.1) is 0 Å². The van der Waals surface area contributed by atoms with Crippen molar-refractivity contribution in [2.45, 2.75) is 0 Å². The maximum atomic E-state index is 13.7. The minimum absolute atomic E-state index is 0.0239. The van der Waals surface area contributed by atoms with E-state index in [1.165, 1.54) is 18.2 Å². The fourth-order valence-electron chi connectivity index (χ4n) is 2.74. The van der Waals surface area contributed by atoms with Gasteiger partial charge in [0.05, 0.1) is 15.6 Å². The molecule has 9 heteroatoms. The van der Waals surface area contributed by atoms with Crippen molar-refractivity contribution < 1.29 is 13.6 Å². The highest BCUT2D eigenvalue weighted by molar-refractivity contribution is 7.80. The highest BCUT2D eigenvalue weighted by atomic mass is 35.5. The Morgan fingerprint density at radius 2 is 1.83 bits per heavy atom. The van der Waals surface area contributed by atoms with E-state index in [4.69, 9.17) is 39.8 Å². The molecular formula is C21H12Cl2FN3O2S. The zero-order valence-corrected chi connectivity index (χ0v) is 17.4. The summed E-state index contributed by atoms with van der Waals surface area (Å²) in [5.74, 6) is -0.886. The number of carbonyl (C=O) groups excluding carboxylic acids is 1. The zero-order chi connectivity index (χ0) is 21.3. The highest BCUT2D eigenvalue weighted by Gasteiger charge is 2.14. The van der Waals surface area contributed by atoms with E-state index >= 15 is 0 Å². The number of oxazole rings is 1. The van der Waals surface area contributed by atoms with Gasteiger partial charge in [-0.25, -0.2) is 9.37 Å². The first-order valence-corrected chi connectivity index (χ1v) is 9.80. The van der Waals surface area contributed by atoms with Crippen molar-refractivity contribution >= 4 is 63.2 Å². The van der Waals surface area contributed by atoms with Crippen molar-refractivity contribution in [1.82, 2.24) is 10.3 Å². The van der Waals surface area contributed by atoms with Gasteiger partial charge in [-0.05, 0) is 60.7 Å². The fourth-order valence-corrected chi connectivity index (χ4v) is 3.24. The first kappa shape index (κ1) is 20.3. The molecule has 0 unspecified atom stereocenters. The summed E-state index contributed by atoms with van der Waals surface area (Å²) in [6.45, 7) is 0. The van der Waals surface area contributed by atoms with E-state index in [2.05, 4.69) is 15.6 Å². The van der Waals surface area contributed by atoms with Crippen molar-refractivity contribution in [2.75, 3.05) is 5.32 Å². The summed E-state index contributed by atoms with van der Waals surface area (Å²) in [6, 6.07) is 15.9. The molecule has 5 nitrogen and oxygen atoms in total. The second kappa shape index (κ2) is 8.39. The second-order valence-electron chi connectivity index (χ2n) is 6.22. The van der Waals surface area contributed by atoms with Crippen LogP contribution < -0.4 is 10.6 Å². The van der Waals surface area contributed by atoms with Crippen LogP contribution in [0.15, 0.2) is 65.1 Å². The lowest BCUT2D eigenvalue weighted by molar-refractivity contribution is 0.0974. The molecule has 4 aromatic rings. The van der Waals surface area contributed by atoms with Gasteiger partial charge in [0.25, 0.3) is 5.91 Å². The number of fused-ring (bicyclic) bond motifs is 1. The van der Waals surface area contributed by atoms with Gasteiger partial charge in [0.2, 0.25) is 5.89 Å². The SMILES string of the molecule is O=C(NC(=S)Nc1ccc2oc(-c3ccc(Cl)c(Cl)c3)nc2c1)c1ccccc1F. The molecule has 3 aromatic carbocycles. The summed E-state index contributed by atoms with van der Waals surface area (Å²) < 4.78 is 19.5. The summed E-state index contributed by atoms with van der Waals surface area (Å²) in [4.78, 5) is 16.6. The number of amides is 1. The van der Waals surface area contributed by atoms with Crippen molar-refractivity contribution in [2.24, 2.45) is 0 Å². The van der Waals surface area contributed by atoms with Crippen molar-refractivity contribution in [3.63, 3.8) is 0 Å².